The highest BCUT2D eigenvalue weighted by molar-refractivity contribution is 5.76. The van der Waals surface area contributed by atoms with Crippen LogP contribution in [-0.4, -0.2) is 35.4 Å². The molecule has 1 aliphatic rings. The monoisotopic (exact) mass is 239 g/mol. The summed E-state index contributed by atoms with van der Waals surface area (Å²) < 4.78 is 42.5. The molecule has 6 heteroatoms. The third-order valence-electron chi connectivity index (χ3n) is 2.26. The van der Waals surface area contributed by atoms with Gasteiger partial charge < -0.3 is 4.74 Å². The second-order valence-electron chi connectivity index (χ2n) is 4.85. The van der Waals surface area contributed by atoms with Gasteiger partial charge in [0, 0.05) is 6.54 Å². The number of hydrogen-bond acceptors (Lipinski definition) is 3. The van der Waals surface area contributed by atoms with Gasteiger partial charge in [-0.3, -0.25) is 4.79 Å². The van der Waals surface area contributed by atoms with E-state index in [2.05, 4.69) is 0 Å². The average molecular weight is 239 g/mol. The van der Waals surface area contributed by atoms with Crippen molar-refractivity contribution in [3.8, 4) is 0 Å². The van der Waals surface area contributed by atoms with E-state index < -0.39 is 23.9 Å². The standard InChI is InChI=1S/C10H16F3NO2/c1-9(2,3)16-8(15)7-5-4-6-14(7)10(11,12)13/h7H,4-6H2,1-3H3/t7-/m1/s1. The summed E-state index contributed by atoms with van der Waals surface area (Å²) >= 11 is 0. The zero-order valence-electron chi connectivity index (χ0n) is 9.60. The maximum atomic E-state index is 12.5. The molecule has 0 aromatic rings. The summed E-state index contributed by atoms with van der Waals surface area (Å²) in [6.07, 6.45) is -3.89. The zero-order valence-corrected chi connectivity index (χ0v) is 9.60. The van der Waals surface area contributed by atoms with Crippen molar-refractivity contribution in [2.75, 3.05) is 6.54 Å². The molecule has 1 heterocycles. The molecule has 0 radical (unpaired) electrons. The zero-order chi connectivity index (χ0) is 12.6. The minimum Gasteiger partial charge on any atom is -0.459 e. The van der Waals surface area contributed by atoms with Crippen molar-refractivity contribution in [3.63, 3.8) is 0 Å². The van der Waals surface area contributed by atoms with Crippen LogP contribution in [0.2, 0.25) is 0 Å². The van der Waals surface area contributed by atoms with Crippen LogP contribution in [0.1, 0.15) is 33.6 Å². The lowest BCUT2D eigenvalue weighted by molar-refractivity contribution is -0.253. The summed E-state index contributed by atoms with van der Waals surface area (Å²) in [6.45, 7) is 4.78. The topological polar surface area (TPSA) is 29.5 Å². The van der Waals surface area contributed by atoms with Crippen LogP contribution < -0.4 is 0 Å². The molecule has 0 saturated carbocycles. The highest BCUT2D eigenvalue weighted by Crippen LogP contribution is 2.31. The highest BCUT2D eigenvalue weighted by atomic mass is 19.4. The molecule has 0 unspecified atom stereocenters. The molecule has 1 rings (SSSR count). The molecule has 3 nitrogen and oxygen atoms in total. The number of carbonyl (C=O) groups excluding carboxylic acids is 1. The maximum Gasteiger partial charge on any atom is 0.460 e. The lowest BCUT2D eigenvalue weighted by Crippen LogP contribution is -2.47. The van der Waals surface area contributed by atoms with Crippen molar-refractivity contribution in [2.45, 2.75) is 51.6 Å². The first-order chi connectivity index (χ1) is 7.11. The van der Waals surface area contributed by atoms with E-state index in [1.807, 2.05) is 0 Å². The Balaban J connectivity index is 2.69. The Labute approximate surface area is 92.5 Å². The SMILES string of the molecule is CC(C)(C)OC(=O)[C@H]1CCCN1C(F)(F)F. The molecule has 1 saturated heterocycles. The maximum absolute atomic E-state index is 12.5. The molecule has 16 heavy (non-hydrogen) atoms. The van der Waals surface area contributed by atoms with Gasteiger partial charge in [0.1, 0.15) is 11.6 Å². The molecule has 0 bridgehead atoms. The van der Waals surface area contributed by atoms with Crippen LogP contribution in [0.15, 0.2) is 0 Å². The Bertz CT molecular complexity index is 270. The van der Waals surface area contributed by atoms with Crippen LogP contribution in [0.3, 0.4) is 0 Å². The number of alkyl halides is 3. The molecule has 0 aromatic carbocycles. The second-order valence-corrected chi connectivity index (χ2v) is 4.85. The Morgan fingerprint density at radius 3 is 2.31 bits per heavy atom. The van der Waals surface area contributed by atoms with E-state index in [9.17, 15) is 18.0 Å². The number of nitrogens with zero attached hydrogens (tertiary/aromatic N) is 1. The van der Waals surface area contributed by atoms with Crippen molar-refractivity contribution in [3.05, 3.63) is 0 Å². The van der Waals surface area contributed by atoms with Gasteiger partial charge in [0.05, 0.1) is 0 Å². The minimum atomic E-state index is -4.46. The predicted octanol–water partition coefficient (Wildman–Crippen LogP) is 2.31. The molecule has 0 amide bonds. The van der Waals surface area contributed by atoms with E-state index in [1.165, 1.54) is 0 Å². The van der Waals surface area contributed by atoms with E-state index in [1.54, 1.807) is 20.8 Å². The lowest BCUT2D eigenvalue weighted by atomic mass is 10.1. The molecule has 0 aliphatic carbocycles. The van der Waals surface area contributed by atoms with E-state index >= 15 is 0 Å². The number of hydrogen-bond donors (Lipinski definition) is 0. The first kappa shape index (κ1) is 13.3. The average Bonchev–Trinajstić information content (AvgIpc) is 2.45. The predicted molar refractivity (Wildman–Crippen MR) is 51.6 cm³/mol. The summed E-state index contributed by atoms with van der Waals surface area (Å²) in [5, 5.41) is 0. The van der Waals surface area contributed by atoms with E-state index in [-0.39, 0.29) is 17.9 Å². The Hall–Kier alpha value is -0.780. The molecule has 1 atom stereocenters. The molecule has 0 spiro atoms. The van der Waals surface area contributed by atoms with Crippen LogP contribution in [0.25, 0.3) is 0 Å². The van der Waals surface area contributed by atoms with Gasteiger partial charge in [-0.15, -0.1) is 0 Å². The summed E-state index contributed by atoms with van der Waals surface area (Å²) in [5.74, 6) is -0.790. The van der Waals surface area contributed by atoms with Crippen LogP contribution in [0, 0.1) is 0 Å². The fourth-order valence-electron chi connectivity index (χ4n) is 1.69. The van der Waals surface area contributed by atoms with Crippen molar-refractivity contribution in [1.29, 1.82) is 0 Å². The number of likely N-dealkylation sites (tertiary alicyclic amines) is 1. The van der Waals surface area contributed by atoms with Crippen LogP contribution in [0.5, 0.6) is 0 Å². The molecular weight excluding hydrogens is 223 g/mol. The number of halogens is 3. The highest BCUT2D eigenvalue weighted by Gasteiger charge is 2.48. The van der Waals surface area contributed by atoms with Crippen molar-refractivity contribution in [1.82, 2.24) is 4.90 Å². The minimum absolute atomic E-state index is 0.132. The summed E-state index contributed by atoms with van der Waals surface area (Å²) in [7, 11) is 0. The van der Waals surface area contributed by atoms with Gasteiger partial charge in [-0.2, -0.15) is 13.2 Å². The summed E-state index contributed by atoms with van der Waals surface area (Å²) in [6, 6.07) is -1.18. The Kier molecular flexibility index (Phi) is 3.52. The Morgan fingerprint density at radius 2 is 1.88 bits per heavy atom. The van der Waals surface area contributed by atoms with Gasteiger partial charge in [-0.1, -0.05) is 0 Å². The van der Waals surface area contributed by atoms with Gasteiger partial charge in [0.2, 0.25) is 0 Å². The summed E-state index contributed by atoms with van der Waals surface area (Å²) in [4.78, 5) is 11.8. The van der Waals surface area contributed by atoms with Crippen molar-refractivity contribution < 1.29 is 22.7 Å². The van der Waals surface area contributed by atoms with Crippen LogP contribution in [0.4, 0.5) is 13.2 Å². The van der Waals surface area contributed by atoms with Gasteiger partial charge in [0.15, 0.2) is 0 Å². The summed E-state index contributed by atoms with van der Waals surface area (Å²) in [5.41, 5.74) is -0.753. The van der Waals surface area contributed by atoms with E-state index in [0.29, 0.717) is 6.42 Å². The largest absolute Gasteiger partial charge is 0.460 e. The van der Waals surface area contributed by atoms with E-state index in [4.69, 9.17) is 4.74 Å². The van der Waals surface area contributed by atoms with Crippen LogP contribution in [-0.2, 0) is 9.53 Å². The Morgan fingerprint density at radius 1 is 1.31 bits per heavy atom. The lowest BCUT2D eigenvalue weighted by Gasteiger charge is -2.28. The van der Waals surface area contributed by atoms with Gasteiger partial charge >= 0.3 is 12.3 Å². The third kappa shape index (κ3) is 3.37. The third-order valence-corrected chi connectivity index (χ3v) is 2.26. The van der Waals surface area contributed by atoms with Crippen molar-refractivity contribution in [2.24, 2.45) is 0 Å². The number of ether oxygens (including phenoxy) is 1. The molecule has 0 N–H and O–H groups in total. The fourth-order valence-corrected chi connectivity index (χ4v) is 1.69. The quantitative estimate of drug-likeness (QED) is 0.519. The normalized spacial score (nSPS) is 23.5. The van der Waals surface area contributed by atoms with Gasteiger partial charge in [-0.25, -0.2) is 4.90 Å². The van der Waals surface area contributed by atoms with Crippen LogP contribution >= 0.6 is 0 Å². The first-order valence-corrected chi connectivity index (χ1v) is 5.17. The number of carbonyl (C=O) groups is 1. The number of esters is 1. The molecule has 94 valence electrons. The van der Waals surface area contributed by atoms with E-state index in [0.717, 1.165) is 0 Å². The second kappa shape index (κ2) is 4.24. The molecule has 1 fully saturated rings. The van der Waals surface area contributed by atoms with Gasteiger partial charge in [-0.05, 0) is 33.6 Å². The fraction of sp³-hybridized carbons (Fsp3) is 0.900. The first-order valence-electron chi connectivity index (χ1n) is 5.17. The number of rotatable bonds is 1. The van der Waals surface area contributed by atoms with Crippen molar-refractivity contribution >= 4 is 5.97 Å². The molecule has 1 aliphatic heterocycles. The van der Waals surface area contributed by atoms with Gasteiger partial charge in [0.25, 0.3) is 0 Å². The molecule has 0 aromatic heterocycles. The smallest absolute Gasteiger partial charge is 0.459 e. The molecular formula is C10H16F3NO2.